The number of carbonyl (C=O) groups is 1. The third kappa shape index (κ3) is 5.82. The molecule has 0 spiro atoms. The van der Waals surface area contributed by atoms with E-state index in [1.807, 2.05) is 37.1 Å². The molecule has 2 atom stereocenters. The second kappa shape index (κ2) is 10.2. The van der Waals surface area contributed by atoms with E-state index < -0.39 is 10.0 Å². The summed E-state index contributed by atoms with van der Waals surface area (Å²) in [6, 6.07) is 12.3. The second-order valence-corrected chi connectivity index (χ2v) is 11.0. The summed E-state index contributed by atoms with van der Waals surface area (Å²) in [5.74, 6) is -0.189. The lowest BCUT2D eigenvalue weighted by atomic mass is 10.00. The smallest absolute Gasteiger partial charge is 0.264 e. The van der Waals surface area contributed by atoms with Gasteiger partial charge >= 0.3 is 0 Å². The molecule has 0 aromatic heterocycles. The van der Waals surface area contributed by atoms with Gasteiger partial charge in [0.05, 0.1) is 10.6 Å². The van der Waals surface area contributed by atoms with Gasteiger partial charge in [-0.15, -0.1) is 0 Å². The highest BCUT2D eigenvalue weighted by Gasteiger charge is 2.28. The van der Waals surface area contributed by atoms with Crippen molar-refractivity contribution in [2.24, 2.45) is 0 Å². The molecule has 1 amide bonds. The zero-order chi connectivity index (χ0) is 23.5. The molecule has 6 nitrogen and oxygen atoms in total. The van der Waals surface area contributed by atoms with Crippen LogP contribution in [0.15, 0.2) is 47.4 Å². The fourth-order valence-electron chi connectivity index (χ4n) is 4.26. The fourth-order valence-corrected chi connectivity index (χ4v) is 5.84. The monoisotopic (exact) mass is 477 g/mol. The minimum Gasteiger partial charge on any atom is -0.288 e. The number of sulfonamides is 1. The predicted octanol–water partition coefficient (Wildman–Crippen LogP) is 4.84. The lowest BCUT2D eigenvalue weighted by Crippen LogP contribution is -2.54. The number of hydrogen-bond donors (Lipinski definition) is 1. The van der Waals surface area contributed by atoms with E-state index in [1.165, 1.54) is 16.4 Å². The zero-order valence-corrected chi connectivity index (χ0v) is 20.7. The van der Waals surface area contributed by atoms with E-state index in [1.54, 1.807) is 12.1 Å². The third-order valence-electron chi connectivity index (χ3n) is 5.89. The molecular formula is C24H32ClN3O3S. The maximum Gasteiger partial charge on any atom is 0.264 e. The van der Waals surface area contributed by atoms with Crippen molar-refractivity contribution in [3.05, 3.63) is 58.6 Å². The van der Waals surface area contributed by atoms with Crippen LogP contribution in [0.2, 0.25) is 5.02 Å². The molecule has 1 saturated heterocycles. The van der Waals surface area contributed by atoms with Crippen LogP contribution >= 0.6 is 11.6 Å². The van der Waals surface area contributed by atoms with Gasteiger partial charge in [-0.3, -0.25) is 14.5 Å². The normalized spacial score (nSPS) is 19.5. The van der Waals surface area contributed by atoms with Gasteiger partial charge in [0.1, 0.15) is 0 Å². The van der Waals surface area contributed by atoms with Gasteiger partial charge in [0.2, 0.25) is 5.91 Å². The lowest BCUT2D eigenvalue weighted by molar-refractivity contribution is -0.129. The Morgan fingerprint density at radius 2 is 1.62 bits per heavy atom. The first-order valence-electron chi connectivity index (χ1n) is 11.0. The van der Waals surface area contributed by atoms with Crippen molar-refractivity contribution in [3.8, 4) is 0 Å². The number of amides is 1. The molecule has 0 bridgehead atoms. The Balaban J connectivity index is 1.84. The van der Waals surface area contributed by atoms with Crippen molar-refractivity contribution in [3.63, 3.8) is 0 Å². The second-order valence-electron chi connectivity index (χ2n) is 8.70. The molecule has 0 radical (unpaired) electrons. The van der Waals surface area contributed by atoms with Gasteiger partial charge < -0.3 is 0 Å². The van der Waals surface area contributed by atoms with E-state index in [4.69, 9.17) is 11.6 Å². The van der Waals surface area contributed by atoms with Crippen LogP contribution in [0.5, 0.6) is 0 Å². The van der Waals surface area contributed by atoms with Crippen molar-refractivity contribution < 1.29 is 13.2 Å². The van der Waals surface area contributed by atoms with Gasteiger partial charge in [0.15, 0.2) is 0 Å². The molecular weight excluding hydrogens is 446 g/mol. The van der Waals surface area contributed by atoms with Crippen LogP contribution in [0.4, 0.5) is 5.69 Å². The van der Waals surface area contributed by atoms with Crippen LogP contribution in [0, 0.1) is 13.8 Å². The Labute approximate surface area is 196 Å². The molecule has 1 aliphatic rings. The van der Waals surface area contributed by atoms with E-state index in [0.29, 0.717) is 10.7 Å². The third-order valence-corrected chi connectivity index (χ3v) is 7.98. The number of hydrazine groups is 1. The van der Waals surface area contributed by atoms with E-state index >= 15 is 0 Å². The van der Waals surface area contributed by atoms with Gasteiger partial charge in [0, 0.05) is 30.1 Å². The summed E-state index contributed by atoms with van der Waals surface area (Å²) in [7, 11) is -3.87. The Morgan fingerprint density at radius 3 is 2.19 bits per heavy atom. The molecule has 1 fully saturated rings. The molecule has 2 unspecified atom stereocenters. The number of aryl methyl sites for hydroxylation is 2. The molecule has 0 saturated carbocycles. The van der Waals surface area contributed by atoms with Crippen molar-refractivity contribution in [1.82, 2.24) is 10.4 Å². The molecule has 1 aliphatic heterocycles. The zero-order valence-electron chi connectivity index (χ0n) is 19.1. The van der Waals surface area contributed by atoms with E-state index in [-0.39, 0.29) is 35.9 Å². The lowest BCUT2D eigenvalue weighted by Gasteiger charge is -2.38. The average molecular weight is 478 g/mol. The summed E-state index contributed by atoms with van der Waals surface area (Å²) in [4.78, 5) is 12.9. The van der Waals surface area contributed by atoms with E-state index in [2.05, 4.69) is 19.3 Å². The van der Waals surface area contributed by atoms with Crippen LogP contribution in [0.1, 0.15) is 50.7 Å². The van der Waals surface area contributed by atoms with Crippen LogP contribution < -0.4 is 9.73 Å². The summed E-state index contributed by atoms with van der Waals surface area (Å²) >= 11 is 5.95. The first kappa shape index (κ1) is 24.6. The minimum absolute atomic E-state index is 0.0380. The first-order valence-corrected chi connectivity index (χ1v) is 12.8. The summed E-state index contributed by atoms with van der Waals surface area (Å²) in [6.07, 6.45) is 3.26. The molecule has 0 aliphatic carbocycles. The summed E-state index contributed by atoms with van der Waals surface area (Å²) in [6.45, 7) is 8.09. The first-order chi connectivity index (χ1) is 15.1. The molecule has 174 valence electrons. The highest BCUT2D eigenvalue weighted by atomic mass is 35.5. The fraction of sp³-hybridized carbons (Fsp3) is 0.458. The number of rotatable bonds is 7. The number of hydrogen-bond acceptors (Lipinski definition) is 4. The largest absolute Gasteiger partial charge is 0.288 e. The highest BCUT2D eigenvalue weighted by molar-refractivity contribution is 7.92. The Morgan fingerprint density at radius 1 is 1.06 bits per heavy atom. The number of anilines is 1. The topological polar surface area (TPSA) is 69.7 Å². The predicted molar refractivity (Wildman–Crippen MR) is 129 cm³/mol. The van der Waals surface area contributed by atoms with Gasteiger partial charge in [-0.2, -0.15) is 0 Å². The summed E-state index contributed by atoms with van der Waals surface area (Å²) in [5, 5.41) is 2.46. The van der Waals surface area contributed by atoms with Crippen LogP contribution in [-0.4, -0.2) is 38.0 Å². The molecule has 1 heterocycles. The van der Waals surface area contributed by atoms with Gasteiger partial charge in [0.25, 0.3) is 10.0 Å². The standard InChI is InChI=1S/C24H32ClN3O3S/c1-17-14-18(2)16-22(15-17)27(32(30,31)23-10-8-21(25)9-11-23)13-12-24(29)26-28-19(3)6-5-7-20(28)4/h8-11,14-16,19-20H,5-7,12-13H2,1-4H3,(H,26,29). The summed E-state index contributed by atoms with van der Waals surface area (Å²) < 4.78 is 28.3. The van der Waals surface area contributed by atoms with Gasteiger partial charge in [-0.1, -0.05) is 24.1 Å². The molecule has 2 aromatic rings. The molecule has 1 N–H and O–H groups in total. The van der Waals surface area contributed by atoms with E-state index in [0.717, 1.165) is 30.4 Å². The number of halogens is 1. The van der Waals surface area contributed by atoms with Crippen molar-refractivity contribution in [1.29, 1.82) is 0 Å². The average Bonchev–Trinajstić information content (AvgIpc) is 2.70. The van der Waals surface area contributed by atoms with Crippen LogP contribution in [0.25, 0.3) is 0 Å². The number of piperidine rings is 1. The van der Waals surface area contributed by atoms with Crippen molar-refractivity contribution in [2.45, 2.75) is 70.4 Å². The van der Waals surface area contributed by atoms with Crippen molar-refractivity contribution >= 4 is 33.2 Å². The van der Waals surface area contributed by atoms with Crippen LogP contribution in [0.3, 0.4) is 0 Å². The molecule has 2 aromatic carbocycles. The van der Waals surface area contributed by atoms with Crippen molar-refractivity contribution in [2.75, 3.05) is 10.8 Å². The summed E-state index contributed by atoms with van der Waals surface area (Å²) in [5.41, 5.74) is 5.46. The van der Waals surface area contributed by atoms with E-state index in [9.17, 15) is 13.2 Å². The highest BCUT2D eigenvalue weighted by Crippen LogP contribution is 2.27. The maximum absolute atomic E-state index is 13.5. The molecule has 8 heteroatoms. The maximum atomic E-state index is 13.5. The quantitative estimate of drug-likeness (QED) is 0.619. The Kier molecular flexibility index (Phi) is 7.85. The number of nitrogens with zero attached hydrogens (tertiary/aromatic N) is 2. The Hall–Kier alpha value is -2.09. The SMILES string of the molecule is Cc1cc(C)cc(N(CCC(=O)NN2C(C)CCCC2C)S(=O)(=O)c2ccc(Cl)cc2)c1. The number of carbonyl (C=O) groups excluding carboxylic acids is 1. The number of nitrogens with one attached hydrogen (secondary N) is 1. The molecule has 3 rings (SSSR count). The van der Waals surface area contributed by atoms with Gasteiger partial charge in [-0.25, -0.2) is 13.4 Å². The van der Waals surface area contributed by atoms with Crippen LogP contribution in [-0.2, 0) is 14.8 Å². The number of benzene rings is 2. The van der Waals surface area contributed by atoms with Gasteiger partial charge in [-0.05, 0) is 88.1 Å². The molecule has 32 heavy (non-hydrogen) atoms. The minimum atomic E-state index is -3.87. The Bertz CT molecular complexity index is 1030.